The molecule has 6 rings (SSSR count). The largest absolute Gasteiger partial charge is 0.370 e. The van der Waals surface area contributed by atoms with Gasteiger partial charge in [0.2, 0.25) is 0 Å². The lowest BCUT2D eigenvalue weighted by Gasteiger charge is -2.28. The molecule has 4 nitrogen and oxygen atoms in total. The summed E-state index contributed by atoms with van der Waals surface area (Å²) in [6, 6.07) is 10.9. The fraction of sp³-hybridized carbons (Fsp3) is 0.593. The zero-order chi connectivity index (χ0) is 20.8. The molecule has 4 aliphatic rings. The zero-order valence-corrected chi connectivity index (χ0v) is 18.7. The summed E-state index contributed by atoms with van der Waals surface area (Å²) in [7, 11) is 0. The molecule has 0 atom stereocenters. The molecule has 2 aliphatic heterocycles. The minimum absolute atomic E-state index is 0.217. The third kappa shape index (κ3) is 3.73. The maximum atomic E-state index is 13.4. The number of carbonyl (C=O) groups is 1. The van der Waals surface area contributed by atoms with Gasteiger partial charge in [0.15, 0.2) is 0 Å². The molecule has 3 fully saturated rings. The number of hydrogen-bond donors (Lipinski definition) is 0. The van der Waals surface area contributed by atoms with E-state index in [4.69, 9.17) is 0 Å². The minimum atomic E-state index is 0.217. The van der Waals surface area contributed by atoms with Crippen molar-refractivity contribution in [2.75, 3.05) is 49.1 Å². The molecule has 164 valence electrons. The van der Waals surface area contributed by atoms with Gasteiger partial charge in [-0.3, -0.25) is 4.79 Å². The number of benzene rings is 2. The van der Waals surface area contributed by atoms with Gasteiger partial charge in [0.25, 0.3) is 5.91 Å². The second kappa shape index (κ2) is 8.12. The van der Waals surface area contributed by atoms with Crippen molar-refractivity contribution in [3.8, 4) is 0 Å². The maximum Gasteiger partial charge on any atom is 0.259 e. The number of amides is 1. The van der Waals surface area contributed by atoms with E-state index in [-0.39, 0.29) is 5.91 Å². The van der Waals surface area contributed by atoms with E-state index in [0.717, 1.165) is 43.3 Å². The number of anilines is 2. The average Bonchev–Trinajstić information content (AvgIpc) is 3.61. The Balaban J connectivity index is 1.28. The van der Waals surface area contributed by atoms with E-state index >= 15 is 0 Å². The highest BCUT2D eigenvalue weighted by atomic mass is 16.2. The summed E-state index contributed by atoms with van der Waals surface area (Å²) in [5.41, 5.74) is 3.38. The molecule has 0 bridgehead atoms. The molecule has 2 saturated carbocycles. The van der Waals surface area contributed by atoms with Crippen molar-refractivity contribution in [3.63, 3.8) is 0 Å². The number of nitrogens with zero attached hydrogens (tertiary/aromatic N) is 3. The number of carbonyl (C=O) groups excluding carboxylic acids is 1. The van der Waals surface area contributed by atoms with E-state index < -0.39 is 0 Å². The summed E-state index contributed by atoms with van der Waals surface area (Å²) in [6.07, 6.45) is 10.6. The second-order valence-electron chi connectivity index (χ2n) is 10.3. The smallest absolute Gasteiger partial charge is 0.259 e. The zero-order valence-electron chi connectivity index (χ0n) is 18.7. The van der Waals surface area contributed by atoms with E-state index in [9.17, 15) is 4.79 Å². The summed E-state index contributed by atoms with van der Waals surface area (Å²) in [6.45, 7) is 6.77. The monoisotopic (exact) mass is 417 g/mol. The van der Waals surface area contributed by atoms with Gasteiger partial charge in [-0.1, -0.05) is 31.4 Å². The summed E-state index contributed by atoms with van der Waals surface area (Å²) >= 11 is 0. The standard InChI is InChI=1S/C27H35N3O/c31-27-23-9-4-8-22-24(29-15-5-14-28(16-17-29)18-21-10-11-21)12-13-25(26(22)23)30(27)19-20-6-2-1-3-7-20/h4,8-9,12-13,20-21H,1-3,5-7,10-11,14-19H2. The first kappa shape index (κ1) is 19.6. The Hall–Kier alpha value is -2.07. The predicted octanol–water partition coefficient (Wildman–Crippen LogP) is 5.30. The van der Waals surface area contributed by atoms with Crippen LogP contribution in [0.1, 0.15) is 61.7 Å². The third-order valence-corrected chi connectivity index (χ3v) is 8.07. The van der Waals surface area contributed by atoms with Crippen LogP contribution < -0.4 is 9.80 Å². The lowest BCUT2D eigenvalue weighted by Crippen LogP contribution is -2.33. The first-order valence-electron chi connectivity index (χ1n) is 12.6. The van der Waals surface area contributed by atoms with Crippen LogP contribution in [-0.4, -0.2) is 50.1 Å². The third-order valence-electron chi connectivity index (χ3n) is 8.07. The van der Waals surface area contributed by atoms with Crippen molar-refractivity contribution in [2.24, 2.45) is 11.8 Å². The second-order valence-corrected chi connectivity index (χ2v) is 10.3. The van der Waals surface area contributed by atoms with E-state index in [1.807, 2.05) is 6.07 Å². The molecule has 0 N–H and O–H groups in total. The molecule has 0 unspecified atom stereocenters. The van der Waals surface area contributed by atoms with Crippen molar-refractivity contribution >= 4 is 28.1 Å². The van der Waals surface area contributed by atoms with E-state index in [0.29, 0.717) is 5.92 Å². The fourth-order valence-electron chi connectivity index (χ4n) is 6.18. The van der Waals surface area contributed by atoms with Crippen LogP contribution in [0.4, 0.5) is 11.4 Å². The van der Waals surface area contributed by atoms with Gasteiger partial charge in [0, 0.05) is 54.7 Å². The molecule has 4 heteroatoms. The van der Waals surface area contributed by atoms with Gasteiger partial charge in [-0.05, 0) is 68.7 Å². The molecule has 2 aromatic carbocycles. The Morgan fingerprint density at radius 1 is 0.742 bits per heavy atom. The van der Waals surface area contributed by atoms with Crippen LogP contribution in [0.5, 0.6) is 0 Å². The highest BCUT2D eigenvalue weighted by Crippen LogP contribution is 2.43. The minimum Gasteiger partial charge on any atom is -0.370 e. The molecular weight excluding hydrogens is 382 g/mol. The van der Waals surface area contributed by atoms with Gasteiger partial charge < -0.3 is 14.7 Å². The van der Waals surface area contributed by atoms with Gasteiger partial charge in [-0.25, -0.2) is 0 Å². The summed E-state index contributed by atoms with van der Waals surface area (Å²) in [4.78, 5) is 20.7. The van der Waals surface area contributed by atoms with Crippen LogP contribution in [0.3, 0.4) is 0 Å². The fourth-order valence-corrected chi connectivity index (χ4v) is 6.18. The first-order valence-corrected chi connectivity index (χ1v) is 12.6. The summed E-state index contributed by atoms with van der Waals surface area (Å²) in [5, 5.41) is 2.46. The van der Waals surface area contributed by atoms with Crippen LogP contribution in [0.15, 0.2) is 30.3 Å². The van der Waals surface area contributed by atoms with Gasteiger partial charge in [0.1, 0.15) is 0 Å². The Bertz CT molecular complexity index is 976. The highest BCUT2D eigenvalue weighted by Gasteiger charge is 2.33. The van der Waals surface area contributed by atoms with Gasteiger partial charge in [-0.2, -0.15) is 0 Å². The van der Waals surface area contributed by atoms with Gasteiger partial charge in [0.05, 0.1) is 5.69 Å². The maximum absolute atomic E-state index is 13.4. The molecule has 1 saturated heterocycles. The Labute approximate surface area is 186 Å². The predicted molar refractivity (Wildman–Crippen MR) is 128 cm³/mol. The molecule has 0 radical (unpaired) electrons. The molecule has 0 aromatic heterocycles. The Morgan fingerprint density at radius 2 is 1.55 bits per heavy atom. The summed E-state index contributed by atoms with van der Waals surface area (Å²) in [5.74, 6) is 1.84. The normalized spacial score (nSPS) is 23.0. The van der Waals surface area contributed by atoms with Crippen molar-refractivity contribution in [2.45, 2.75) is 51.4 Å². The van der Waals surface area contributed by atoms with Gasteiger partial charge >= 0.3 is 0 Å². The van der Waals surface area contributed by atoms with Crippen molar-refractivity contribution in [1.29, 1.82) is 0 Å². The Morgan fingerprint density at radius 3 is 2.39 bits per heavy atom. The van der Waals surface area contributed by atoms with E-state index in [1.54, 1.807) is 0 Å². The van der Waals surface area contributed by atoms with Crippen LogP contribution >= 0.6 is 0 Å². The van der Waals surface area contributed by atoms with Crippen LogP contribution in [0.25, 0.3) is 10.8 Å². The van der Waals surface area contributed by atoms with Crippen LogP contribution in [0.2, 0.25) is 0 Å². The van der Waals surface area contributed by atoms with Gasteiger partial charge in [-0.15, -0.1) is 0 Å². The highest BCUT2D eigenvalue weighted by molar-refractivity contribution is 6.26. The van der Waals surface area contributed by atoms with Crippen molar-refractivity contribution < 1.29 is 4.79 Å². The van der Waals surface area contributed by atoms with Crippen molar-refractivity contribution in [1.82, 2.24) is 4.90 Å². The molecule has 31 heavy (non-hydrogen) atoms. The number of hydrogen-bond acceptors (Lipinski definition) is 3. The molecule has 2 aromatic rings. The molecule has 2 heterocycles. The quantitative estimate of drug-likeness (QED) is 0.660. The molecule has 0 spiro atoms. The number of rotatable bonds is 5. The lowest BCUT2D eigenvalue weighted by atomic mass is 9.89. The molecular formula is C27H35N3O. The van der Waals surface area contributed by atoms with Crippen molar-refractivity contribution in [3.05, 3.63) is 35.9 Å². The first-order chi connectivity index (χ1) is 15.3. The van der Waals surface area contributed by atoms with E-state index in [2.05, 4.69) is 39.0 Å². The Kier molecular flexibility index (Phi) is 5.14. The van der Waals surface area contributed by atoms with E-state index in [1.165, 1.54) is 80.9 Å². The molecule has 2 aliphatic carbocycles. The average molecular weight is 418 g/mol. The lowest BCUT2D eigenvalue weighted by molar-refractivity contribution is 0.0987. The summed E-state index contributed by atoms with van der Waals surface area (Å²) < 4.78 is 0. The SMILES string of the molecule is O=C1c2cccc3c(N4CCCN(CC5CC5)CC4)ccc(c23)N1CC1CCCCC1. The molecule has 1 amide bonds. The van der Waals surface area contributed by atoms with Crippen LogP contribution in [-0.2, 0) is 0 Å². The van der Waals surface area contributed by atoms with Crippen LogP contribution in [0, 0.1) is 11.8 Å². The topological polar surface area (TPSA) is 26.8 Å².